The topological polar surface area (TPSA) is 57.9 Å². The average molecular weight is 385 g/mol. The van der Waals surface area contributed by atoms with Crippen molar-refractivity contribution in [3.8, 4) is 11.3 Å². The SMILES string of the molecule is C[C@H]1CN(c2cc(F)c(-c3cccc(N4CCOCC4)n3)cc2N)CCN1C. The summed E-state index contributed by atoms with van der Waals surface area (Å²) >= 11 is 0. The average Bonchev–Trinajstić information content (AvgIpc) is 2.72. The van der Waals surface area contributed by atoms with E-state index in [0.29, 0.717) is 36.2 Å². The van der Waals surface area contributed by atoms with Crippen LogP contribution in [-0.2, 0) is 4.74 Å². The second kappa shape index (κ2) is 7.93. The zero-order chi connectivity index (χ0) is 19.7. The van der Waals surface area contributed by atoms with Gasteiger partial charge in [-0.25, -0.2) is 9.37 Å². The van der Waals surface area contributed by atoms with Crippen molar-refractivity contribution in [2.75, 3.05) is 68.5 Å². The Balaban J connectivity index is 1.62. The molecule has 2 aromatic rings. The molecule has 2 N–H and O–H groups in total. The summed E-state index contributed by atoms with van der Waals surface area (Å²) in [4.78, 5) is 11.3. The van der Waals surface area contributed by atoms with Crippen LogP contribution in [0.3, 0.4) is 0 Å². The van der Waals surface area contributed by atoms with E-state index in [1.165, 1.54) is 0 Å². The first-order valence-corrected chi connectivity index (χ1v) is 9.87. The summed E-state index contributed by atoms with van der Waals surface area (Å²) in [6.07, 6.45) is 0. The molecule has 0 saturated carbocycles. The monoisotopic (exact) mass is 385 g/mol. The van der Waals surface area contributed by atoms with E-state index in [9.17, 15) is 0 Å². The Labute approximate surface area is 165 Å². The number of anilines is 3. The van der Waals surface area contributed by atoms with Crippen LogP contribution in [0.25, 0.3) is 11.3 Å². The van der Waals surface area contributed by atoms with E-state index in [4.69, 9.17) is 10.5 Å². The van der Waals surface area contributed by atoms with Gasteiger partial charge in [0.2, 0.25) is 0 Å². The molecule has 1 atom stereocenters. The van der Waals surface area contributed by atoms with Crippen LogP contribution in [0, 0.1) is 5.82 Å². The molecule has 0 spiro atoms. The van der Waals surface area contributed by atoms with E-state index in [2.05, 4.69) is 33.7 Å². The van der Waals surface area contributed by atoms with Gasteiger partial charge in [-0.05, 0) is 38.2 Å². The maximum Gasteiger partial charge on any atom is 0.134 e. The van der Waals surface area contributed by atoms with Crippen LogP contribution in [0.15, 0.2) is 30.3 Å². The molecule has 150 valence electrons. The van der Waals surface area contributed by atoms with Crippen LogP contribution in [0.1, 0.15) is 6.92 Å². The summed E-state index contributed by atoms with van der Waals surface area (Å²) in [6.45, 7) is 7.75. The van der Waals surface area contributed by atoms with Crippen molar-refractivity contribution in [1.82, 2.24) is 9.88 Å². The summed E-state index contributed by atoms with van der Waals surface area (Å²) in [5, 5.41) is 0. The fourth-order valence-electron chi connectivity index (χ4n) is 3.86. The molecule has 0 amide bonds. The molecule has 2 aliphatic heterocycles. The number of nitrogens with two attached hydrogens (primary N) is 1. The number of nitrogen functional groups attached to an aromatic ring is 1. The fraction of sp³-hybridized carbons (Fsp3) is 0.476. The highest BCUT2D eigenvalue weighted by Crippen LogP contribution is 2.33. The number of halogens is 1. The molecule has 4 rings (SSSR count). The van der Waals surface area contributed by atoms with E-state index in [1.807, 2.05) is 18.2 Å². The zero-order valence-corrected chi connectivity index (χ0v) is 16.6. The number of piperazine rings is 1. The fourth-order valence-corrected chi connectivity index (χ4v) is 3.86. The number of hydrogen-bond acceptors (Lipinski definition) is 6. The number of likely N-dealkylation sites (N-methyl/N-ethyl adjacent to an activating group) is 1. The van der Waals surface area contributed by atoms with Crippen LogP contribution in [0.2, 0.25) is 0 Å². The van der Waals surface area contributed by atoms with Crippen molar-refractivity contribution in [3.05, 3.63) is 36.1 Å². The Morgan fingerprint density at radius 2 is 1.89 bits per heavy atom. The molecule has 0 unspecified atom stereocenters. The van der Waals surface area contributed by atoms with Gasteiger partial charge in [-0.3, -0.25) is 0 Å². The Morgan fingerprint density at radius 3 is 2.64 bits per heavy atom. The van der Waals surface area contributed by atoms with Gasteiger partial charge in [0, 0.05) is 44.3 Å². The number of nitrogens with zero attached hydrogens (tertiary/aromatic N) is 4. The summed E-state index contributed by atoms with van der Waals surface area (Å²) < 4.78 is 20.5. The summed E-state index contributed by atoms with van der Waals surface area (Å²) in [5.41, 5.74) is 8.75. The predicted molar refractivity (Wildman–Crippen MR) is 111 cm³/mol. The van der Waals surface area contributed by atoms with E-state index in [0.717, 1.165) is 44.2 Å². The molecule has 2 fully saturated rings. The Hall–Kier alpha value is -2.38. The maximum atomic E-state index is 15.1. The van der Waals surface area contributed by atoms with Gasteiger partial charge in [0.25, 0.3) is 0 Å². The molecule has 3 heterocycles. The molecular formula is C21H28FN5O. The summed E-state index contributed by atoms with van der Waals surface area (Å²) in [5.74, 6) is 0.554. The standard InChI is InChI=1S/C21H28FN5O/c1-15-14-27(7-6-25(15)2)20-13-17(22)16(12-18(20)23)19-4-3-5-21(24-19)26-8-10-28-11-9-26/h3-5,12-13,15H,6-11,14,23H2,1-2H3/t15-/m0/s1. The van der Waals surface area contributed by atoms with Crippen LogP contribution in [-0.4, -0.2) is 68.9 Å². The third-order valence-corrected chi connectivity index (χ3v) is 5.76. The molecule has 2 aliphatic rings. The number of ether oxygens (including phenoxy) is 1. The lowest BCUT2D eigenvalue weighted by atomic mass is 10.1. The van der Waals surface area contributed by atoms with Crippen molar-refractivity contribution in [3.63, 3.8) is 0 Å². The minimum atomic E-state index is -0.289. The predicted octanol–water partition coefficient (Wildman–Crippen LogP) is 2.45. The van der Waals surface area contributed by atoms with Crippen molar-refractivity contribution >= 4 is 17.2 Å². The van der Waals surface area contributed by atoms with E-state index in [-0.39, 0.29) is 5.82 Å². The van der Waals surface area contributed by atoms with Crippen LogP contribution < -0.4 is 15.5 Å². The summed E-state index contributed by atoms with van der Waals surface area (Å²) in [6, 6.07) is 9.39. The molecule has 0 radical (unpaired) electrons. The van der Waals surface area contributed by atoms with Crippen molar-refractivity contribution < 1.29 is 9.13 Å². The Bertz CT molecular complexity index is 840. The number of hydrogen-bond donors (Lipinski definition) is 1. The van der Waals surface area contributed by atoms with Gasteiger partial charge in [-0.2, -0.15) is 0 Å². The van der Waals surface area contributed by atoms with E-state index in [1.54, 1.807) is 12.1 Å². The van der Waals surface area contributed by atoms with Crippen molar-refractivity contribution in [2.24, 2.45) is 0 Å². The van der Waals surface area contributed by atoms with Gasteiger partial charge in [-0.1, -0.05) is 6.07 Å². The Kier molecular flexibility index (Phi) is 5.37. The molecule has 1 aromatic heterocycles. The normalized spacial score (nSPS) is 21.2. The van der Waals surface area contributed by atoms with Gasteiger partial charge in [0.05, 0.1) is 30.3 Å². The third-order valence-electron chi connectivity index (χ3n) is 5.76. The highest BCUT2D eigenvalue weighted by Gasteiger charge is 2.24. The molecule has 7 heteroatoms. The quantitative estimate of drug-likeness (QED) is 0.819. The number of benzene rings is 1. The molecule has 2 saturated heterocycles. The van der Waals surface area contributed by atoms with Gasteiger partial charge in [0.15, 0.2) is 0 Å². The van der Waals surface area contributed by atoms with Crippen molar-refractivity contribution in [2.45, 2.75) is 13.0 Å². The molecule has 6 nitrogen and oxygen atoms in total. The first-order valence-electron chi connectivity index (χ1n) is 9.87. The van der Waals surface area contributed by atoms with Gasteiger partial charge < -0.3 is 25.2 Å². The lowest BCUT2D eigenvalue weighted by Crippen LogP contribution is -2.50. The molecule has 0 bridgehead atoms. The number of rotatable bonds is 3. The van der Waals surface area contributed by atoms with Crippen molar-refractivity contribution in [1.29, 1.82) is 0 Å². The Morgan fingerprint density at radius 1 is 1.11 bits per heavy atom. The minimum Gasteiger partial charge on any atom is -0.397 e. The van der Waals surface area contributed by atoms with Crippen LogP contribution >= 0.6 is 0 Å². The lowest BCUT2D eigenvalue weighted by Gasteiger charge is -2.39. The number of morpholine rings is 1. The van der Waals surface area contributed by atoms with Gasteiger partial charge >= 0.3 is 0 Å². The smallest absolute Gasteiger partial charge is 0.134 e. The largest absolute Gasteiger partial charge is 0.397 e. The molecule has 0 aliphatic carbocycles. The van der Waals surface area contributed by atoms with Gasteiger partial charge in [-0.15, -0.1) is 0 Å². The van der Waals surface area contributed by atoms with E-state index < -0.39 is 0 Å². The minimum absolute atomic E-state index is 0.289. The highest BCUT2D eigenvalue weighted by atomic mass is 19.1. The van der Waals surface area contributed by atoms with Crippen LogP contribution in [0.5, 0.6) is 0 Å². The van der Waals surface area contributed by atoms with Crippen LogP contribution in [0.4, 0.5) is 21.6 Å². The number of pyridine rings is 1. The van der Waals surface area contributed by atoms with Gasteiger partial charge in [0.1, 0.15) is 11.6 Å². The molecule has 1 aromatic carbocycles. The second-order valence-electron chi connectivity index (χ2n) is 7.65. The summed E-state index contributed by atoms with van der Waals surface area (Å²) in [7, 11) is 2.11. The molecular weight excluding hydrogens is 357 g/mol. The van der Waals surface area contributed by atoms with E-state index >= 15 is 4.39 Å². The maximum absolute atomic E-state index is 15.1. The first-order chi connectivity index (χ1) is 13.5. The highest BCUT2D eigenvalue weighted by molar-refractivity contribution is 5.76. The molecule has 28 heavy (non-hydrogen) atoms. The first kappa shape index (κ1) is 19.0. The zero-order valence-electron chi connectivity index (χ0n) is 16.6. The lowest BCUT2D eigenvalue weighted by molar-refractivity contribution is 0.122. The second-order valence-corrected chi connectivity index (χ2v) is 7.65. The number of aromatic nitrogens is 1. The third kappa shape index (κ3) is 3.77.